The first kappa shape index (κ1) is 29.7. The Morgan fingerprint density at radius 2 is 1.55 bits per heavy atom. The number of rotatable bonds is 12. The van der Waals surface area contributed by atoms with E-state index in [2.05, 4.69) is 72.0 Å². The lowest BCUT2D eigenvalue weighted by Gasteiger charge is -2.29. The summed E-state index contributed by atoms with van der Waals surface area (Å²) >= 11 is 0. The van der Waals surface area contributed by atoms with Crippen molar-refractivity contribution in [3.63, 3.8) is 0 Å². The smallest absolute Gasteiger partial charge is 0.320 e. The second-order valence-electron chi connectivity index (χ2n) is 10.4. The maximum atomic E-state index is 13.3. The molecule has 9 heteroatoms. The third-order valence-electron chi connectivity index (χ3n) is 8.15. The highest BCUT2D eigenvalue weighted by Gasteiger charge is 2.34. The molecule has 40 heavy (non-hydrogen) atoms. The molecular weight excluding hydrogens is 504 g/mol. The van der Waals surface area contributed by atoms with E-state index in [0.717, 1.165) is 81.2 Å². The van der Waals surface area contributed by atoms with Crippen LogP contribution in [0.3, 0.4) is 0 Å². The van der Waals surface area contributed by atoms with Crippen LogP contribution < -0.4 is 5.32 Å². The second-order valence-corrected chi connectivity index (χ2v) is 10.4. The van der Waals surface area contributed by atoms with Crippen LogP contribution in [0.1, 0.15) is 44.4 Å². The Labute approximate surface area is 238 Å². The minimum Gasteiger partial charge on any atom is -0.320 e. The Morgan fingerprint density at radius 3 is 2.15 bits per heavy atom. The maximum Gasteiger partial charge on any atom is 0.436 e. The van der Waals surface area contributed by atoms with Gasteiger partial charge in [-0.2, -0.15) is 0 Å². The van der Waals surface area contributed by atoms with Crippen molar-refractivity contribution in [3.05, 3.63) is 53.1 Å². The standard InChI is InChI=1S/C31H44N6O3/c1-6-35(7-2)17-19-37(20-18-36(8-3)9-4)31(39)40-33-29-26-21-25(23-13-11-10-12-14-23)24-15-16-34(5)22-27(24)28(26)32-30(29)38/h10-14,21H,6-9,15-20,22H2,1-5H3,(H,32,33,38). The molecule has 4 rings (SSSR count). The van der Waals surface area contributed by atoms with Gasteiger partial charge in [-0.15, -0.1) is 0 Å². The Balaban J connectivity index is 1.62. The summed E-state index contributed by atoms with van der Waals surface area (Å²) in [5, 5.41) is 7.20. The summed E-state index contributed by atoms with van der Waals surface area (Å²) < 4.78 is 0. The van der Waals surface area contributed by atoms with Crippen LogP contribution in [0.25, 0.3) is 11.1 Å². The third-order valence-corrected chi connectivity index (χ3v) is 8.15. The first-order valence-corrected chi connectivity index (χ1v) is 14.6. The van der Waals surface area contributed by atoms with Gasteiger partial charge in [-0.25, -0.2) is 4.79 Å². The normalized spacial score (nSPS) is 15.9. The van der Waals surface area contributed by atoms with Crippen molar-refractivity contribution in [3.8, 4) is 11.1 Å². The molecule has 0 aliphatic carbocycles. The minimum absolute atomic E-state index is 0.143. The molecule has 0 spiro atoms. The van der Waals surface area contributed by atoms with E-state index >= 15 is 0 Å². The molecule has 0 unspecified atom stereocenters. The number of fused-ring (bicyclic) bond motifs is 3. The molecule has 2 aliphatic heterocycles. The predicted molar refractivity (Wildman–Crippen MR) is 161 cm³/mol. The van der Waals surface area contributed by atoms with Gasteiger partial charge in [0.15, 0.2) is 5.71 Å². The third kappa shape index (κ3) is 6.71. The number of oxime groups is 1. The van der Waals surface area contributed by atoms with Crippen molar-refractivity contribution in [2.75, 3.05) is 71.3 Å². The van der Waals surface area contributed by atoms with Crippen molar-refractivity contribution in [2.24, 2.45) is 5.16 Å². The van der Waals surface area contributed by atoms with E-state index in [1.165, 1.54) is 5.56 Å². The zero-order valence-corrected chi connectivity index (χ0v) is 24.7. The van der Waals surface area contributed by atoms with Crippen LogP contribution in [0.4, 0.5) is 10.5 Å². The molecule has 0 bridgehead atoms. The lowest BCUT2D eigenvalue weighted by Crippen LogP contribution is -2.42. The van der Waals surface area contributed by atoms with Gasteiger partial charge in [-0.3, -0.25) is 9.63 Å². The monoisotopic (exact) mass is 548 g/mol. The van der Waals surface area contributed by atoms with Gasteiger partial charge < -0.3 is 24.9 Å². The fraction of sp³-hybridized carbons (Fsp3) is 0.516. The van der Waals surface area contributed by atoms with Gasteiger partial charge in [-0.1, -0.05) is 63.2 Å². The SMILES string of the molecule is CCN(CC)CCN(CCN(CC)CC)C(=O)ON=C1C(=O)Nc2c1cc(-c1ccccc1)c1c2CN(C)CC1. The second kappa shape index (κ2) is 13.9. The van der Waals surface area contributed by atoms with E-state index in [1.807, 2.05) is 24.3 Å². The highest BCUT2D eigenvalue weighted by atomic mass is 16.7. The van der Waals surface area contributed by atoms with Gasteiger partial charge in [0.05, 0.1) is 5.69 Å². The van der Waals surface area contributed by atoms with Gasteiger partial charge in [0.1, 0.15) is 0 Å². The topological polar surface area (TPSA) is 80.7 Å². The first-order valence-electron chi connectivity index (χ1n) is 14.6. The van der Waals surface area contributed by atoms with E-state index in [1.54, 1.807) is 4.90 Å². The number of likely N-dealkylation sites (N-methyl/N-ethyl adjacent to an activating group) is 3. The van der Waals surface area contributed by atoms with E-state index in [-0.39, 0.29) is 11.6 Å². The average molecular weight is 549 g/mol. The lowest BCUT2D eigenvalue weighted by atomic mass is 9.87. The highest BCUT2D eigenvalue weighted by molar-refractivity contribution is 6.54. The molecule has 2 amide bonds. The molecule has 9 nitrogen and oxygen atoms in total. The van der Waals surface area contributed by atoms with Gasteiger partial charge in [0.25, 0.3) is 5.91 Å². The van der Waals surface area contributed by atoms with E-state index in [0.29, 0.717) is 18.7 Å². The van der Waals surface area contributed by atoms with E-state index in [9.17, 15) is 9.59 Å². The molecule has 2 heterocycles. The van der Waals surface area contributed by atoms with Crippen LogP contribution in [0.15, 0.2) is 41.6 Å². The molecule has 1 N–H and O–H groups in total. The van der Waals surface area contributed by atoms with Crippen molar-refractivity contribution < 1.29 is 14.4 Å². The summed E-state index contributed by atoms with van der Waals surface area (Å²) in [5.41, 5.74) is 6.16. The number of hydrogen-bond donors (Lipinski definition) is 1. The summed E-state index contributed by atoms with van der Waals surface area (Å²) in [6.07, 6.45) is 0.364. The van der Waals surface area contributed by atoms with Crippen LogP contribution >= 0.6 is 0 Å². The zero-order valence-electron chi connectivity index (χ0n) is 24.7. The molecule has 2 aliphatic rings. The molecule has 2 aromatic carbocycles. The number of nitrogens with zero attached hydrogens (tertiary/aromatic N) is 5. The van der Waals surface area contributed by atoms with Gasteiger partial charge in [0, 0.05) is 44.8 Å². The molecule has 0 radical (unpaired) electrons. The maximum absolute atomic E-state index is 13.3. The molecule has 216 valence electrons. The summed E-state index contributed by atoms with van der Waals surface area (Å²) in [6, 6.07) is 12.2. The number of nitrogens with one attached hydrogen (secondary N) is 1. The molecule has 2 aromatic rings. The molecule has 0 fully saturated rings. The number of anilines is 1. The fourth-order valence-corrected chi connectivity index (χ4v) is 5.52. The largest absolute Gasteiger partial charge is 0.436 e. The summed E-state index contributed by atoms with van der Waals surface area (Å²) in [4.78, 5) is 40.4. The lowest BCUT2D eigenvalue weighted by molar-refractivity contribution is -0.110. The van der Waals surface area contributed by atoms with Crippen molar-refractivity contribution in [2.45, 2.75) is 40.7 Å². The summed E-state index contributed by atoms with van der Waals surface area (Å²) in [5.74, 6) is -0.346. The minimum atomic E-state index is -0.533. The molecule has 0 atom stereocenters. The number of hydrogen-bond acceptors (Lipinski definition) is 7. The van der Waals surface area contributed by atoms with Gasteiger partial charge in [0.2, 0.25) is 0 Å². The van der Waals surface area contributed by atoms with Crippen LogP contribution in [0.5, 0.6) is 0 Å². The number of carbonyl (C=O) groups is 2. The van der Waals surface area contributed by atoms with Crippen LogP contribution in [-0.4, -0.2) is 103 Å². The number of carbonyl (C=O) groups excluding carboxylic acids is 2. The summed E-state index contributed by atoms with van der Waals surface area (Å²) in [7, 11) is 2.09. The Morgan fingerprint density at radius 1 is 0.925 bits per heavy atom. The number of amides is 2. The summed E-state index contributed by atoms with van der Waals surface area (Å²) in [6.45, 7) is 16.4. The number of benzene rings is 2. The Bertz CT molecular complexity index is 1190. The quantitative estimate of drug-likeness (QED) is 0.318. The van der Waals surface area contributed by atoms with Crippen molar-refractivity contribution in [1.29, 1.82) is 0 Å². The zero-order chi connectivity index (χ0) is 28.6. The van der Waals surface area contributed by atoms with Gasteiger partial charge in [-0.05, 0) is 68.0 Å². The average Bonchev–Trinajstić information content (AvgIpc) is 3.30. The first-order chi connectivity index (χ1) is 19.4. The van der Waals surface area contributed by atoms with Crippen LogP contribution in [0, 0.1) is 0 Å². The Kier molecular flexibility index (Phi) is 10.3. The van der Waals surface area contributed by atoms with Crippen molar-refractivity contribution in [1.82, 2.24) is 19.6 Å². The Hall–Kier alpha value is -3.27. The highest BCUT2D eigenvalue weighted by Crippen LogP contribution is 2.40. The van der Waals surface area contributed by atoms with Crippen molar-refractivity contribution >= 4 is 23.4 Å². The van der Waals surface area contributed by atoms with E-state index in [4.69, 9.17) is 4.84 Å². The molecule has 0 aromatic heterocycles. The van der Waals surface area contributed by atoms with Crippen LogP contribution in [0.2, 0.25) is 0 Å². The molecule has 0 saturated heterocycles. The van der Waals surface area contributed by atoms with Gasteiger partial charge >= 0.3 is 6.09 Å². The molecular formula is C31H44N6O3. The van der Waals surface area contributed by atoms with Crippen LogP contribution in [-0.2, 0) is 22.6 Å². The van der Waals surface area contributed by atoms with E-state index < -0.39 is 6.09 Å². The fourth-order valence-electron chi connectivity index (χ4n) is 5.52. The molecule has 0 saturated carbocycles. The predicted octanol–water partition coefficient (Wildman–Crippen LogP) is 4.12.